The van der Waals surface area contributed by atoms with Gasteiger partial charge in [0.15, 0.2) is 0 Å². The normalized spacial score (nSPS) is 11.3. The number of hydrogen-bond donors (Lipinski definition) is 4. The smallest absolute Gasteiger partial charge is 0.408 e. The third-order valence-electron chi connectivity index (χ3n) is 4.03. The number of nitrogens with one attached hydrogen (secondary N) is 2. The van der Waals surface area contributed by atoms with Crippen LogP contribution in [0.1, 0.15) is 24.0 Å². The minimum atomic E-state index is -1.15. The zero-order valence-electron chi connectivity index (χ0n) is 16.0. The first-order valence-electron chi connectivity index (χ1n) is 9.18. The van der Waals surface area contributed by atoms with Gasteiger partial charge in [-0.1, -0.05) is 42.5 Å². The van der Waals surface area contributed by atoms with Crippen LogP contribution in [0.25, 0.3) is 0 Å². The first-order chi connectivity index (χ1) is 13.9. The number of amidine groups is 1. The lowest BCUT2D eigenvalue weighted by molar-refractivity contribution is -0.139. The number of nitrogens with two attached hydrogens (primary N) is 1. The van der Waals surface area contributed by atoms with Crippen LogP contribution >= 0.6 is 0 Å². The number of hydrogen-bond acceptors (Lipinski definition) is 5. The van der Waals surface area contributed by atoms with E-state index >= 15 is 0 Å². The maximum absolute atomic E-state index is 11.9. The molecule has 0 unspecified atom stereocenters. The quantitative estimate of drug-likeness (QED) is 0.261. The van der Waals surface area contributed by atoms with Crippen LogP contribution < -0.4 is 15.8 Å². The Balaban J connectivity index is 1.82. The van der Waals surface area contributed by atoms with Gasteiger partial charge in [-0.2, -0.15) is 0 Å². The monoisotopic (exact) mass is 399 g/mol. The summed E-state index contributed by atoms with van der Waals surface area (Å²) in [4.78, 5) is 23.4. The van der Waals surface area contributed by atoms with Crippen molar-refractivity contribution in [3.05, 3.63) is 65.7 Å². The van der Waals surface area contributed by atoms with Gasteiger partial charge in [0.25, 0.3) is 0 Å². The largest absolute Gasteiger partial charge is 0.494 e. The molecule has 0 bridgehead atoms. The Morgan fingerprint density at radius 2 is 1.76 bits per heavy atom. The topological polar surface area (TPSA) is 135 Å². The lowest BCUT2D eigenvalue weighted by atomic mass is 10.1. The molecule has 0 radical (unpaired) electrons. The highest BCUT2D eigenvalue weighted by atomic mass is 16.5. The minimum Gasteiger partial charge on any atom is -0.494 e. The number of rotatable bonds is 11. The molecule has 0 spiro atoms. The van der Waals surface area contributed by atoms with Crippen LogP contribution in [0, 0.1) is 5.41 Å². The first kappa shape index (κ1) is 21.7. The van der Waals surface area contributed by atoms with Crippen LogP contribution in [0.4, 0.5) is 4.79 Å². The van der Waals surface area contributed by atoms with E-state index in [4.69, 9.17) is 20.6 Å². The molecule has 8 nitrogen and oxygen atoms in total. The van der Waals surface area contributed by atoms with E-state index in [1.165, 1.54) is 0 Å². The van der Waals surface area contributed by atoms with Crippen molar-refractivity contribution in [3.8, 4) is 5.75 Å². The third-order valence-corrected chi connectivity index (χ3v) is 4.03. The summed E-state index contributed by atoms with van der Waals surface area (Å²) in [5.74, 6) is -0.385. The summed E-state index contributed by atoms with van der Waals surface area (Å²) < 4.78 is 10.6. The highest BCUT2D eigenvalue weighted by Gasteiger charge is 2.21. The lowest BCUT2D eigenvalue weighted by Gasteiger charge is -2.15. The standard InChI is InChI=1S/C21H25N3O5/c22-19(23)7-4-12-28-17-10-8-15(9-11-17)13-18(20(25)26)24-21(27)29-14-16-5-2-1-3-6-16/h1-3,5-6,8-11,18H,4,7,12-14H2,(H3,22,23)(H,24,27)(H,25,26)/t18-/m0/s1. The Hall–Kier alpha value is -3.55. The fraction of sp³-hybridized carbons (Fsp3) is 0.286. The molecule has 0 aliphatic rings. The Morgan fingerprint density at radius 1 is 1.07 bits per heavy atom. The fourth-order valence-corrected chi connectivity index (χ4v) is 2.52. The molecule has 0 aliphatic heterocycles. The SMILES string of the molecule is N=C(N)CCCOc1ccc(C[C@H](NC(=O)OCc2ccccc2)C(=O)O)cc1. The molecule has 1 amide bonds. The molecule has 0 saturated carbocycles. The summed E-state index contributed by atoms with van der Waals surface area (Å²) in [5, 5.41) is 18.9. The Kier molecular flexibility index (Phi) is 8.50. The molecule has 8 heteroatoms. The molecule has 0 heterocycles. The third kappa shape index (κ3) is 8.34. The van der Waals surface area contributed by atoms with Crippen LogP contribution in [0.3, 0.4) is 0 Å². The molecule has 2 aromatic rings. The van der Waals surface area contributed by atoms with Gasteiger partial charge in [0.2, 0.25) is 0 Å². The zero-order chi connectivity index (χ0) is 21.1. The fourth-order valence-electron chi connectivity index (χ4n) is 2.52. The van der Waals surface area contributed by atoms with Crippen molar-refractivity contribution >= 4 is 17.9 Å². The highest BCUT2D eigenvalue weighted by Crippen LogP contribution is 2.14. The van der Waals surface area contributed by atoms with E-state index in [0.717, 1.165) is 11.1 Å². The van der Waals surface area contributed by atoms with Crippen molar-refractivity contribution in [2.24, 2.45) is 5.73 Å². The number of amides is 1. The van der Waals surface area contributed by atoms with Crippen LogP contribution in [0.2, 0.25) is 0 Å². The first-order valence-corrected chi connectivity index (χ1v) is 9.18. The number of ether oxygens (including phenoxy) is 2. The average molecular weight is 399 g/mol. The molecule has 0 fully saturated rings. The van der Waals surface area contributed by atoms with Gasteiger partial charge in [-0.05, 0) is 29.7 Å². The molecule has 2 rings (SSSR count). The van der Waals surface area contributed by atoms with Crippen molar-refractivity contribution in [1.29, 1.82) is 5.41 Å². The van der Waals surface area contributed by atoms with Gasteiger partial charge in [-0.25, -0.2) is 9.59 Å². The van der Waals surface area contributed by atoms with Crippen molar-refractivity contribution < 1.29 is 24.2 Å². The molecule has 1 atom stereocenters. The van der Waals surface area contributed by atoms with E-state index in [1.54, 1.807) is 24.3 Å². The molecule has 29 heavy (non-hydrogen) atoms. The van der Waals surface area contributed by atoms with Gasteiger partial charge in [0, 0.05) is 12.8 Å². The van der Waals surface area contributed by atoms with Crippen LogP contribution in [0.15, 0.2) is 54.6 Å². The van der Waals surface area contributed by atoms with Crippen LogP contribution in [0.5, 0.6) is 5.75 Å². The van der Waals surface area contributed by atoms with Crippen molar-refractivity contribution in [1.82, 2.24) is 5.32 Å². The van der Waals surface area contributed by atoms with Gasteiger partial charge >= 0.3 is 12.1 Å². The number of alkyl carbamates (subject to hydrolysis) is 1. The predicted molar refractivity (Wildman–Crippen MR) is 108 cm³/mol. The molecule has 0 aromatic heterocycles. The van der Waals surface area contributed by atoms with E-state index in [0.29, 0.717) is 25.2 Å². The number of carboxylic acids is 1. The number of carboxylic acid groups (broad SMARTS) is 1. The highest BCUT2D eigenvalue weighted by molar-refractivity contribution is 5.80. The Labute approximate surface area is 169 Å². The summed E-state index contributed by atoms with van der Waals surface area (Å²) in [5.41, 5.74) is 6.83. The minimum absolute atomic E-state index is 0.0642. The average Bonchev–Trinajstić information content (AvgIpc) is 2.71. The number of aliphatic carboxylic acids is 1. The van der Waals surface area contributed by atoms with E-state index in [9.17, 15) is 14.7 Å². The van der Waals surface area contributed by atoms with Gasteiger partial charge < -0.3 is 25.6 Å². The summed E-state index contributed by atoms with van der Waals surface area (Å²) >= 11 is 0. The van der Waals surface area contributed by atoms with E-state index in [-0.39, 0.29) is 18.9 Å². The Bertz CT molecular complexity index is 809. The number of carbonyl (C=O) groups is 2. The molecule has 0 saturated heterocycles. The van der Waals surface area contributed by atoms with Gasteiger partial charge in [0.1, 0.15) is 18.4 Å². The van der Waals surface area contributed by atoms with Gasteiger partial charge in [-0.15, -0.1) is 0 Å². The summed E-state index contributed by atoms with van der Waals surface area (Å²) in [6.07, 6.45) is 0.449. The second-order valence-electron chi connectivity index (χ2n) is 6.42. The van der Waals surface area contributed by atoms with Crippen molar-refractivity contribution in [3.63, 3.8) is 0 Å². The summed E-state index contributed by atoms with van der Waals surface area (Å²) in [6.45, 7) is 0.500. The maximum atomic E-state index is 11.9. The molecule has 0 aliphatic carbocycles. The second kappa shape index (κ2) is 11.3. The van der Waals surface area contributed by atoms with Crippen molar-refractivity contribution in [2.75, 3.05) is 6.61 Å². The van der Waals surface area contributed by atoms with Crippen molar-refractivity contribution in [2.45, 2.75) is 31.9 Å². The van der Waals surface area contributed by atoms with Gasteiger partial charge in [-0.3, -0.25) is 5.41 Å². The van der Waals surface area contributed by atoms with E-state index < -0.39 is 18.1 Å². The number of benzene rings is 2. The Morgan fingerprint density at radius 3 is 2.38 bits per heavy atom. The predicted octanol–water partition coefficient (Wildman–Crippen LogP) is 2.70. The van der Waals surface area contributed by atoms with Gasteiger partial charge in [0.05, 0.1) is 12.4 Å². The van der Waals surface area contributed by atoms with E-state index in [2.05, 4.69) is 5.32 Å². The lowest BCUT2D eigenvalue weighted by Crippen LogP contribution is -2.42. The zero-order valence-corrected chi connectivity index (χ0v) is 16.0. The maximum Gasteiger partial charge on any atom is 0.408 e. The molecule has 2 aromatic carbocycles. The van der Waals surface area contributed by atoms with Crippen LogP contribution in [-0.4, -0.2) is 35.7 Å². The van der Waals surface area contributed by atoms with E-state index in [1.807, 2.05) is 30.3 Å². The second-order valence-corrected chi connectivity index (χ2v) is 6.42. The molecule has 5 N–H and O–H groups in total. The molecule has 154 valence electrons. The number of carbonyl (C=O) groups excluding carboxylic acids is 1. The molecular weight excluding hydrogens is 374 g/mol. The summed E-state index contributed by atoms with van der Waals surface area (Å²) in [6, 6.07) is 15.0. The van der Waals surface area contributed by atoms with Crippen LogP contribution in [-0.2, 0) is 22.6 Å². The molecular formula is C21H25N3O5. The summed E-state index contributed by atoms with van der Waals surface area (Å²) in [7, 11) is 0.